The molecule has 0 saturated carbocycles. The van der Waals surface area contributed by atoms with Crippen molar-refractivity contribution in [2.45, 2.75) is 5.75 Å². The summed E-state index contributed by atoms with van der Waals surface area (Å²) in [4.78, 5) is 13.2. The number of rotatable bonds is 4. The van der Waals surface area contributed by atoms with Crippen molar-refractivity contribution in [1.29, 1.82) is 0 Å². The smallest absolute Gasteiger partial charge is 0.253 e. The molecule has 0 bridgehead atoms. The molecule has 1 rings (SSSR count). The van der Waals surface area contributed by atoms with Crippen LogP contribution in [0.3, 0.4) is 0 Å². The molecule has 0 atom stereocenters. The van der Waals surface area contributed by atoms with Crippen LogP contribution in [0.4, 0.5) is 0 Å². The van der Waals surface area contributed by atoms with Crippen LogP contribution < -0.4 is 0 Å². The van der Waals surface area contributed by atoms with Gasteiger partial charge in [-0.3, -0.25) is 4.79 Å². The van der Waals surface area contributed by atoms with E-state index < -0.39 is 0 Å². The van der Waals surface area contributed by atoms with Gasteiger partial charge in [-0.25, -0.2) is 0 Å². The second-order valence-electron chi connectivity index (χ2n) is 3.31. The van der Waals surface area contributed by atoms with E-state index in [0.717, 1.165) is 5.56 Å². The fraction of sp³-hybridized carbons (Fsp3) is 0.364. The number of aliphatic hydroxyl groups is 1. The normalized spacial score (nSPS) is 10.1. The van der Waals surface area contributed by atoms with Crippen LogP contribution in [-0.2, 0) is 5.75 Å². The van der Waals surface area contributed by atoms with Crippen LogP contribution in [0.15, 0.2) is 24.3 Å². The number of carbonyl (C=O) groups excluding carboxylic acids is 1. The van der Waals surface area contributed by atoms with Gasteiger partial charge >= 0.3 is 0 Å². The van der Waals surface area contributed by atoms with Crippen molar-refractivity contribution in [3.8, 4) is 0 Å². The first-order chi connectivity index (χ1) is 7.19. The largest absolute Gasteiger partial charge is 0.395 e. The third-order valence-corrected chi connectivity index (χ3v) is 2.53. The van der Waals surface area contributed by atoms with E-state index in [1.165, 1.54) is 4.90 Å². The molecule has 82 valence electrons. The van der Waals surface area contributed by atoms with E-state index in [-0.39, 0.29) is 12.5 Å². The van der Waals surface area contributed by atoms with Gasteiger partial charge in [0.2, 0.25) is 0 Å². The Balaban J connectivity index is 2.73. The topological polar surface area (TPSA) is 40.5 Å². The molecule has 0 heterocycles. The summed E-state index contributed by atoms with van der Waals surface area (Å²) in [6.07, 6.45) is 0. The van der Waals surface area contributed by atoms with E-state index in [0.29, 0.717) is 17.9 Å². The van der Waals surface area contributed by atoms with Crippen molar-refractivity contribution in [1.82, 2.24) is 4.90 Å². The molecule has 4 heteroatoms. The van der Waals surface area contributed by atoms with Crippen molar-refractivity contribution in [3.63, 3.8) is 0 Å². The Morgan fingerprint density at radius 1 is 1.40 bits per heavy atom. The summed E-state index contributed by atoms with van der Waals surface area (Å²) in [5.74, 6) is 0.593. The number of amides is 1. The third kappa shape index (κ3) is 3.25. The van der Waals surface area contributed by atoms with E-state index in [1.54, 1.807) is 19.2 Å². The minimum atomic E-state index is -0.0743. The minimum absolute atomic E-state index is 0.0169. The van der Waals surface area contributed by atoms with Gasteiger partial charge in [-0.2, -0.15) is 12.6 Å². The van der Waals surface area contributed by atoms with Crippen molar-refractivity contribution >= 4 is 18.5 Å². The molecular formula is C11H15NO2S. The molecule has 15 heavy (non-hydrogen) atoms. The van der Waals surface area contributed by atoms with E-state index in [1.807, 2.05) is 12.1 Å². The van der Waals surface area contributed by atoms with Gasteiger partial charge in [0.25, 0.3) is 5.91 Å². The maximum absolute atomic E-state index is 11.7. The molecule has 0 radical (unpaired) electrons. The molecule has 1 aromatic rings. The summed E-state index contributed by atoms with van der Waals surface area (Å²) < 4.78 is 0. The van der Waals surface area contributed by atoms with E-state index in [4.69, 9.17) is 5.11 Å². The average Bonchev–Trinajstić information content (AvgIpc) is 2.28. The van der Waals surface area contributed by atoms with Gasteiger partial charge in [-0.1, -0.05) is 12.1 Å². The summed E-state index contributed by atoms with van der Waals surface area (Å²) in [7, 11) is 1.67. The average molecular weight is 225 g/mol. The summed E-state index contributed by atoms with van der Waals surface area (Å²) in [5.41, 5.74) is 1.72. The van der Waals surface area contributed by atoms with Crippen molar-refractivity contribution < 1.29 is 9.90 Å². The molecule has 1 aromatic carbocycles. The highest BCUT2D eigenvalue weighted by Crippen LogP contribution is 2.08. The molecule has 0 spiro atoms. The quantitative estimate of drug-likeness (QED) is 0.755. The molecule has 1 N–H and O–H groups in total. The van der Waals surface area contributed by atoms with Crippen LogP contribution in [0, 0.1) is 0 Å². The maximum atomic E-state index is 11.7. The van der Waals surface area contributed by atoms with Crippen LogP contribution in [0.25, 0.3) is 0 Å². The fourth-order valence-corrected chi connectivity index (χ4v) is 1.44. The molecule has 0 fully saturated rings. The zero-order valence-corrected chi connectivity index (χ0v) is 9.58. The van der Waals surface area contributed by atoms with Crippen molar-refractivity contribution in [3.05, 3.63) is 35.4 Å². The zero-order chi connectivity index (χ0) is 11.3. The number of hydrogen-bond acceptors (Lipinski definition) is 3. The fourth-order valence-electron chi connectivity index (χ4n) is 1.22. The Morgan fingerprint density at radius 2 is 2.00 bits per heavy atom. The second-order valence-corrected chi connectivity index (χ2v) is 3.62. The Morgan fingerprint density at radius 3 is 2.47 bits per heavy atom. The monoisotopic (exact) mass is 225 g/mol. The van der Waals surface area contributed by atoms with Crippen LogP contribution >= 0.6 is 12.6 Å². The van der Waals surface area contributed by atoms with Crippen LogP contribution in [0.2, 0.25) is 0 Å². The number of hydrogen-bond donors (Lipinski definition) is 2. The number of thiol groups is 1. The molecule has 0 aliphatic rings. The lowest BCUT2D eigenvalue weighted by Gasteiger charge is -2.15. The van der Waals surface area contributed by atoms with Crippen LogP contribution in [0.1, 0.15) is 15.9 Å². The predicted molar refractivity (Wildman–Crippen MR) is 63.2 cm³/mol. The molecule has 0 aromatic heterocycles. The van der Waals surface area contributed by atoms with Gasteiger partial charge in [-0.15, -0.1) is 0 Å². The SMILES string of the molecule is CN(CCO)C(=O)c1ccc(CS)cc1. The third-order valence-electron chi connectivity index (χ3n) is 2.17. The zero-order valence-electron chi connectivity index (χ0n) is 8.68. The highest BCUT2D eigenvalue weighted by molar-refractivity contribution is 7.79. The lowest BCUT2D eigenvalue weighted by atomic mass is 10.1. The molecule has 0 aliphatic heterocycles. The van der Waals surface area contributed by atoms with Gasteiger partial charge in [-0.05, 0) is 17.7 Å². The van der Waals surface area contributed by atoms with Gasteiger partial charge in [0.1, 0.15) is 0 Å². The highest BCUT2D eigenvalue weighted by atomic mass is 32.1. The highest BCUT2D eigenvalue weighted by Gasteiger charge is 2.10. The summed E-state index contributed by atoms with van der Waals surface area (Å²) in [6.45, 7) is 0.337. The van der Waals surface area contributed by atoms with E-state index >= 15 is 0 Å². The lowest BCUT2D eigenvalue weighted by Crippen LogP contribution is -2.29. The van der Waals surface area contributed by atoms with Gasteiger partial charge in [0, 0.05) is 24.9 Å². The first kappa shape index (κ1) is 12.1. The second kappa shape index (κ2) is 5.78. The van der Waals surface area contributed by atoms with Crippen molar-refractivity contribution in [2.24, 2.45) is 0 Å². The number of nitrogens with zero attached hydrogens (tertiary/aromatic N) is 1. The Bertz CT molecular complexity index is 324. The first-order valence-corrected chi connectivity index (χ1v) is 5.38. The molecule has 3 nitrogen and oxygen atoms in total. The van der Waals surface area contributed by atoms with E-state index in [2.05, 4.69) is 12.6 Å². The minimum Gasteiger partial charge on any atom is -0.395 e. The van der Waals surface area contributed by atoms with Crippen LogP contribution in [-0.4, -0.2) is 36.1 Å². The van der Waals surface area contributed by atoms with Gasteiger partial charge in [0.05, 0.1) is 6.61 Å². The Hall–Kier alpha value is -1.00. The molecular weight excluding hydrogens is 210 g/mol. The number of benzene rings is 1. The number of aliphatic hydroxyl groups excluding tert-OH is 1. The summed E-state index contributed by atoms with van der Waals surface area (Å²) >= 11 is 4.14. The number of carbonyl (C=O) groups is 1. The standard InChI is InChI=1S/C11H15NO2S/c1-12(6-7-13)11(14)10-4-2-9(8-15)3-5-10/h2-5,13,15H,6-8H2,1H3. The molecule has 0 unspecified atom stereocenters. The van der Waals surface area contributed by atoms with Gasteiger partial charge < -0.3 is 10.0 Å². The predicted octanol–water partition coefficient (Wildman–Crippen LogP) is 1.18. The molecule has 0 saturated heterocycles. The van der Waals surface area contributed by atoms with Crippen molar-refractivity contribution in [2.75, 3.05) is 20.2 Å². The first-order valence-electron chi connectivity index (χ1n) is 4.75. The maximum Gasteiger partial charge on any atom is 0.253 e. The lowest BCUT2D eigenvalue weighted by molar-refractivity contribution is 0.0767. The van der Waals surface area contributed by atoms with E-state index in [9.17, 15) is 4.79 Å². The van der Waals surface area contributed by atoms with Crippen LogP contribution in [0.5, 0.6) is 0 Å². The Labute approximate surface area is 95.1 Å². The summed E-state index contributed by atoms with van der Waals surface area (Å²) in [5, 5.41) is 8.71. The number of likely N-dealkylation sites (N-methyl/N-ethyl adjacent to an activating group) is 1. The molecule has 1 amide bonds. The molecule has 0 aliphatic carbocycles. The Kier molecular flexibility index (Phi) is 4.65. The summed E-state index contributed by atoms with van der Waals surface area (Å²) in [6, 6.07) is 7.32. The van der Waals surface area contributed by atoms with Gasteiger partial charge in [0.15, 0.2) is 0 Å².